The maximum Gasteiger partial charge on any atom is 0.256 e. The zero-order chi connectivity index (χ0) is 16.1. The molecule has 2 aromatic carbocycles. The van der Waals surface area contributed by atoms with Gasteiger partial charge in [0.05, 0.1) is 5.92 Å². The van der Waals surface area contributed by atoms with E-state index in [4.69, 9.17) is 23.1 Å². The van der Waals surface area contributed by atoms with E-state index in [1.165, 1.54) is 12.1 Å². The molecule has 23 heavy (non-hydrogen) atoms. The summed E-state index contributed by atoms with van der Waals surface area (Å²) in [6.45, 7) is 0. The van der Waals surface area contributed by atoms with E-state index in [1.54, 1.807) is 30.3 Å². The van der Waals surface area contributed by atoms with Crippen molar-refractivity contribution in [1.29, 1.82) is 0 Å². The molecule has 1 atom stereocenters. The van der Waals surface area contributed by atoms with Gasteiger partial charge in [-0.15, -0.1) is 12.4 Å². The predicted octanol–water partition coefficient (Wildman–Crippen LogP) is 3.03. The van der Waals surface area contributed by atoms with E-state index in [9.17, 15) is 9.18 Å². The Morgan fingerprint density at radius 2 is 1.87 bits per heavy atom. The quantitative estimate of drug-likeness (QED) is 0.653. The van der Waals surface area contributed by atoms with Crippen LogP contribution in [-0.2, 0) is 11.2 Å². The first-order chi connectivity index (χ1) is 10.5. The third-order valence-electron chi connectivity index (χ3n) is 3.12. The minimum absolute atomic E-state index is 0. The lowest BCUT2D eigenvalue weighted by Gasteiger charge is -2.14. The topological polar surface area (TPSA) is 81.5 Å². The average Bonchev–Trinajstić information content (AvgIpc) is 2.44. The first kappa shape index (κ1) is 18.9. The predicted molar refractivity (Wildman–Crippen MR) is 92.4 cm³/mol. The Bertz CT molecular complexity index is 718. The zero-order valence-electron chi connectivity index (χ0n) is 12.1. The number of hydrogen-bond acceptors (Lipinski definition) is 1. The number of carbonyl (C=O) groups excluding carboxylic acids is 1. The third kappa shape index (κ3) is 5.54. The number of nitrogens with two attached hydrogens (primary N) is 2. The molecule has 4 nitrogen and oxygen atoms in total. The van der Waals surface area contributed by atoms with E-state index in [0.717, 1.165) is 5.56 Å². The lowest BCUT2D eigenvalue weighted by Crippen LogP contribution is -2.26. The van der Waals surface area contributed by atoms with E-state index in [1.807, 2.05) is 6.07 Å². The molecular formula is C16H16Cl2FN3O. The fraction of sp³-hybridized carbons (Fsp3) is 0.125. The molecule has 0 fully saturated rings. The van der Waals surface area contributed by atoms with Gasteiger partial charge in [-0.1, -0.05) is 35.9 Å². The van der Waals surface area contributed by atoms with Crippen LogP contribution in [0, 0.1) is 5.82 Å². The number of carbonyl (C=O) groups is 1. The van der Waals surface area contributed by atoms with Crippen LogP contribution in [0.5, 0.6) is 0 Å². The van der Waals surface area contributed by atoms with Gasteiger partial charge in [-0.2, -0.15) is 4.99 Å². The number of rotatable bonds is 4. The van der Waals surface area contributed by atoms with Crippen LogP contribution in [-0.4, -0.2) is 11.9 Å². The fourth-order valence-corrected chi connectivity index (χ4v) is 2.39. The monoisotopic (exact) mass is 355 g/mol. The standard InChI is InChI=1S/C16H15ClFN3O.ClH/c17-12-5-1-3-10(7-12)8-14(15(22)21-16(19)20)11-4-2-6-13(18)9-11;/h1-7,9,14H,8H2,(H4,19,20,21,22);1H/t14-;/m1./s1. The summed E-state index contributed by atoms with van der Waals surface area (Å²) in [5, 5.41) is 0.560. The molecule has 0 heterocycles. The zero-order valence-corrected chi connectivity index (χ0v) is 13.7. The normalized spacial score (nSPS) is 11.2. The minimum Gasteiger partial charge on any atom is -0.370 e. The molecule has 0 bridgehead atoms. The Morgan fingerprint density at radius 1 is 1.17 bits per heavy atom. The number of guanidine groups is 1. The van der Waals surface area contributed by atoms with Crippen molar-refractivity contribution < 1.29 is 9.18 Å². The van der Waals surface area contributed by atoms with Gasteiger partial charge in [0, 0.05) is 5.02 Å². The highest BCUT2D eigenvalue weighted by Gasteiger charge is 2.21. The Balaban J connectivity index is 0.00000264. The van der Waals surface area contributed by atoms with Crippen molar-refractivity contribution in [3.63, 3.8) is 0 Å². The summed E-state index contributed by atoms with van der Waals surface area (Å²) in [6.07, 6.45) is 0.319. The molecule has 0 unspecified atom stereocenters. The van der Waals surface area contributed by atoms with Crippen molar-refractivity contribution in [3.8, 4) is 0 Å². The first-order valence-electron chi connectivity index (χ1n) is 6.59. The number of benzene rings is 2. The molecule has 0 aromatic heterocycles. The molecule has 0 radical (unpaired) electrons. The molecule has 4 N–H and O–H groups in total. The van der Waals surface area contributed by atoms with Crippen LogP contribution in [0.4, 0.5) is 4.39 Å². The Kier molecular flexibility index (Phi) is 7.00. The van der Waals surface area contributed by atoms with Crippen LogP contribution in [0.25, 0.3) is 0 Å². The Hall–Kier alpha value is -2.11. The minimum atomic E-state index is -0.684. The van der Waals surface area contributed by atoms with Crippen LogP contribution in [0.15, 0.2) is 53.5 Å². The molecule has 0 spiro atoms. The largest absolute Gasteiger partial charge is 0.370 e. The van der Waals surface area contributed by atoms with E-state index < -0.39 is 17.6 Å². The number of amides is 1. The summed E-state index contributed by atoms with van der Waals surface area (Å²) in [5.41, 5.74) is 11.9. The summed E-state index contributed by atoms with van der Waals surface area (Å²) in [6, 6.07) is 12.9. The lowest BCUT2D eigenvalue weighted by atomic mass is 9.91. The summed E-state index contributed by atoms with van der Waals surface area (Å²) >= 11 is 5.95. The van der Waals surface area contributed by atoms with Gasteiger partial charge in [-0.3, -0.25) is 4.79 Å². The lowest BCUT2D eigenvalue weighted by molar-refractivity contribution is -0.119. The second-order valence-corrected chi connectivity index (χ2v) is 5.25. The second-order valence-electron chi connectivity index (χ2n) is 4.82. The Labute approximate surface area is 144 Å². The number of hydrogen-bond donors (Lipinski definition) is 2. The summed E-state index contributed by atoms with van der Waals surface area (Å²) in [5.74, 6) is -1.95. The van der Waals surface area contributed by atoms with Crippen molar-refractivity contribution >= 4 is 35.9 Å². The van der Waals surface area contributed by atoms with E-state index in [0.29, 0.717) is 17.0 Å². The van der Waals surface area contributed by atoms with Crippen LogP contribution in [0.1, 0.15) is 17.0 Å². The maximum atomic E-state index is 13.4. The summed E-state index contributed by atoms with van der Waals surface area (Å²) < 4.78 is 13.4. The number of aliphatic imine (C=N–C) groups is 1. The van der Waals surface area contributed by atoms with E-state index in [2.05, 4.69) is 4.99 Å². The SMILES string of the molecule is Cl.NC(N)=NC(=O)[C@H](Cc1cccc(Cl)c1)c1cccc(F)c1. The molecule has 0 saturated heterocycles. The highest BCUT2D eigenvalue weighted by atomic mass is 35.5. The van der Waals surface area contributed by atoms with Gasteiger partial charge in [-0.05, 0) is 41.8 Å². The van der Waals surface area contributed by atoms with E-state index in [-0.39, 0.29) is 18.4 Å². The van der Waals surface area contributed by atoms with Crippen LogP contribution in [0.3, 0.4) is 0 Å². The molecule has 2 rings (SSSR count). The van der Waals surface area contributed by atoms with Gasteiger partial charge in [0.15, 0.2) is 5.96 Å². The molecule has 2 aromatic rings. The van der Waals surface area contributed by atoms with E-state index >= 15 is 0 Å². The van der Waals surface area contributed by atoms with Crippen LogP contribution in [0.2, 0.25) is 5.02 Å². The molecule has 0 aliphatic rings. The van der Waals surface area contributed by atoms with Gasteiger partial charge in [0.2, 0.25) is 0 Å². The van der Waals surface area contributed by atoms with Crippen molar-refractivity contribution in [3.05, 3.63) is 70.5 Å². The van der Waals surface area contributed by atoms with Crippen molar-refractivity contribution in [2.75, 3.05) is 0 Å². The molecule has 0 aliphatic carbocycles. The highest BCUT2D eigenvalue weighted by Crippen LogP contribution is 2.24. The highest BCUT2D eigenvalue weighted by molar-refractivity contribution is 6.30. The number of nitrogens with zero attached hydrogens (tertiary/aromatic N) is 1. The smallest absolute Gasteiger partial charge is 0.256 e. The van der Waals surface area contributed by atoms with Gasteiger partial charge in [-0.25, -0.2) is 4.39 Å². The molecule has 7 heteroatoms. The van der Waals surface area contributed by atoms with Gasteiger partial charge < -0.3 is 11.5 Å². The first-order valence-corrected chi connectivity index (χ1v) is 6.97. The van der Waals surface area contributed by atoms with Crippen LogP contribution >= 0.6 is 24.0 Å². The summed E-state index contributed by atoms with van der Waals surface area (Å²) in [7, 11) is 0. The third-order valence-corrected chi connectivity index (χ3v) is 3.35. The molecule has 122 valence electrons. The second kappa shape index (κ2) is 8.50. The van der Waals surface area contributed by atoms with Gasteiger partial charge in [0.25, 0.3) is 5.91 Å². The molecule has 0 aliphatic heterocycles. The van der Waals surface area contributed by atoms with Gasteiger partial charge >= 0.3 is 0 Å². The average molecular weight is 356 g/mol. The van der Waals surface area contributed by atoms with Crippen molar-refractivity contribution in [1.82, 2.24) is 0 Å². The Morgan fingerprint density at radius 3 is 2.48 bits per heavy atom. The summed E-state index contributed by atoms with van der Waals surface area (Å²) in [4.78, 5) is 15.8. The maximum absolute atomic E-state index is 13.4. The van der Waals surface area contributed by atoms with Crippen LogP contribution < -0.4 is 11.5 Å². The molecule has 0 saturated carbocycles. The van der Waals surface area contributed by atoms with Crippen molar-refractivity contribution in [2.24, 2.45) is 16.5 Å². The molecular weight excluding hydrogens is 340 g/mol. The van der Waals surface area contributed by atoms with Crippen molar-refractivity contribution in [2.45, 2.75) is 12.3 Å². The van der Waals surface area contributed by atoms with Gasteiger partial charge in [0.1, 0.15) is 5.82 Å². The fourth-order valence-electron chi connectivity index (χ4n) is 2.18. The number of halogens is 3. The molecule has 1 amide bonds.